The summed E-state index contributed by atoms with van der Waals surface area (Å²) in [5.41, 5.74) is 2.21. The Morgan fingerprint density at radius 3 is 1.97 bits per heavy atom. The van der Waals surface area contributed by atoms with E-state index in [1.54, 1.807) is 0 Å². The minimum Gasteiger partial charge on any atom is -0.339 e. The lowest BCUT2D eigenvalue weighted by molar-refractivity contribution is 0.0659. The van der Waals surface area contributed by atoms with E-state index in [2.05, 4.69) is 39.0 Å². The van der Waals surface area contributed by atoms with Crippen LogP contribution in [0.15, 0.2) is 24.3 Å². The molecule has 1 saturated carbocycles. The second-order valence-electron chi connectivity index (χ2n) is 10.6. The van der Waals surface area contributed by atoms with E-state index in [0.717, 1.165) is 43.1 Å². The molecule has 170 valence electrons. The smallest absolute Gasteiger partial charge is 0.253 e. The summed E-state index contributed by atoms with van der Waals surface area (Å²) in [5.74, 6) is 2.04. The van der Waals surface area contributed by atoms with Gasteiger partial charge in [-0.3, -0.25) is 9.69 Å². The standard InChI is InChI=1S/C27H41N3O/c31-27(30-19-11-24(12-20-30)23-5-1-2-6-23)25-9-7-22(8-10-25)21-28-17-13-26(14-18-28)29-15-3-4-16-29/h7-10,23-24,26H,1-6,11-21H2. The van der Waals surface area contributed by atoms with Crippen LogP contribution in [-0.4, -0.2) is 65.9 Å². The van der Waals surface area contributed by atoms with E-state index in [-0.39, 0.29) is 5.91 Å². The molecule has 0 unspecified atom stereocenters. The summed E-state index contributed by atoms with van der Waals surface area (Å²) in [6, 6.07) is 9.32. The third kappa shape index (κ3) is 5.17. The van der Waals surface area contributed by atoms with Crippen molar-refractivity contribution >= 4 is 5.91 Å². The fourth-order valence-electron chi connectivity index (χ4n) is 6.75. The van der Waals surface area contributed by atoms with Gasteiger partial charge in [0.1, 0.15) is 0 Å². The van der Waals surface area contributed by atoms with Crippen LogP contribution in [0.4, 0.5) is 0 Å². The number of hydrogen-bond donors (Lipinski definition) is 0. The molecule has 5 rings (SSSR count). The summed E-state index contributed by atoms with van der Waals surface area (Å²) in [4.78, 5) is 20.4. The van der Waals surface area contributed by atoms with Gasteiger partial charge in [0.05, 0.1) is 0 Å². The lowest BCUT2D eigenvalue weighted by Gasteiger charge is -2.36. The van der Waals surface area contributed by atoms with E-state index >= 15 is 0 Å². The zero-order chi connectivity index (χ0) is 21.0. The number of piperidine rings is 2. The number of benzene rings is 1. The number of rotatable bonds is 5. The normalized spacial score (nSPS) is 25.5. The molecule has 0 atom stereocenters. The quantitative estimate of drug-likeness (QED) is 0.681. The molecule has 4 fully saturated rings. The molecule has 3 aliphatic heterocycles. The van der Waals surface area contributed by atoms with Gasteiger partial charge in [0.2, 0.25) is 0 Å². The van der Waals surface area contributed by atoms with Crippen LogP contribution in [-0.2, 0) is 6.54 Å². The van der Waals surface area contributed by atoms with Crippen molar-refractivity contribution in [2.75, 3.05) is 39.3 Å². The number of nitrogens with zero attached hydrogens (tertiary/aromatic N) is 3. The van der Waals surface area contributed by atoms with Gasteiger partial charge in [-0.05, 0) is 94.2 Å². The van der Waals surface area contributed by atoms with Crippen molar-refractivity contribution in [3.8, 4) is 0 Å². The van der Waals surface area contributed by atoms with Crippen molar-refractivity contribution in [1.29, 1.82) is 0 Å². The van der Waals surface area contributed by atoms with Gasteiger partial charge in [-0.2, -0.15) is 0 Å². The molecule has 1 aliphatic carbocycles. The van der Waals surface area contributed by atoms with E-state index in [4.69, 9.17) is 0 Å². The topological polar surface area (TPSA) is 26.8 Å². The Bertz CT molecular complexity index is 705. The Balaban J connectivity index is 1.08. The van der Waals surface area contributed by atoms with Crippen molar-refractivity contribution in [2.24, 2.45) is 11.8 Å². The van der Waals surface area contributed by atoms with E-state index < -0.39 is 0 Å². The van der Waals surface area contributed by atoms with Gasteiger partial charge in [0.25, 0.3) is 5.91 Å². The number of carbonyl (C=O) groups excluding carboxylic acids is 1. The highest BCUT2D eigenvalue weighted by Gasteiger charge is 2.30. The molecular weight excluding hydrogens is 382 g/mol. The number of amides is 1. The van der Waals surface area contributed by atoms with Crippen LogP contribution in [0, 0.1) is 11.8 Å². The van der Waals surface area contributed by atoms with Gasteiger partial charge in [-0.1, -0.05) is 37.8 Å². The Hall–Kier alpha value is -1.39. The molecule has 0 spiro atoms. The van der Waals surface area contributed by atoms with E-state index in [0.29, 0.717) is 0 Å². The van der Waals surface area contributed by atoms with Crippen molar-refractivity contribution in [2.45, 2.75) is 76.8 Å². The Morgan fingerprint density at radius 1 is 0.710 bits per heavy atom. The number of carbonyl (C=O) groups is 1. The zero-order valence-electron chi connectivity index (χ0n) is 19.3. The highest BCUT2D eigenvalue weighted by Crippen LogP contribution is 2.37. The SMILES string of the molecule is O=C(c1ccc(CN2CCC(N3CCCC3)CC2)cc1)N1CCC(C2CCCC2)CC1. The Labute approximate surface area is 189 Å². The fourth-order valence-corrected chi connectivity index (χ4v) is 6.75. The molecule has 0 radical (unpaired) electrons. The highest BCUT2D eigenvalue weighted by molar-refractivity contribution is 5.94. The third-order valence-electron chi connectivity index (χ3n) is 8.71. The summed E-state index contributed by atoms with van der Waals surface area (Å²) in [7, 11) is 0. The van der Waals surface area contributed by atoms with Gasteiger partial charge in [-0.25, -0.2) is 0 Å². The average molecular weight is 424 g/mol. The Kier molecular flexibility index (Phi) is 6.95. The maximum atomic E-state index is 13.0. The molecule has 3 heterocycles. The molecule has 4 nitrogen and oxygen atoms in total. The monoisotopic (exact) mass is 423 g/mol. The molecule has 1 aromatic rings. The summed E-state index contributed by atoms with van der Waals surface area (Å²) < 4.78 is 0. The van der Waals surface area contributed by atoms with Crippen molar-refractivity contribution in [3.05, 3.63) is 35.4 Å². The summed E-state index contributed by atoms with van der Waals surface area (Å²) in [6.07, 6.45) is 13.5. The second-order valence-corrected chi connectivity index (χ2v) is 10.6. The lowest BCUT2D eigenvalue weighted by atomic mass is 9.83. The predicted octanol–water partition coefficient (Wildman–Crippen LogP) is 4.79. The summed E-state index contributed by atoms with van der Waals surface area (Å²) in [5, 5.41) is 0. The second kappa shape index (κ2) is 10.0. The third-order valence-corrected chi connectivity index (χ3v) is 8.71. The van der Waals surface area contributed by atoms with Crippen molar-refractivity contribution in [1.82, 2.24) is 14.7 Å². The molecular formula is C27H41N3O. The summed E-state index contributed by atoms with van der Waals surface area (Å²) in [6.45, 7) is 7.97. The predicted molar refractivity (Wildman–Crippen MR) is 126 cm³/mol. The van der Waals surface area contributed by atoms with Crippen LogP contribution in [0.25, 0.3) is 0 Å². The molecule has 0 bridgehead atoms. The maximum absolute atomic E-state index is 13.0. The number of likely N-dealkylation sites (tertiary alicyclic amines) is 3. The number of hydrogen-bond acceptors (Lipinski definition) is 3. The van der Waals surface area contributed by atoms with Crippen molar-refractivity contribution < 1.29 is 4.79 Å². The van der Waals surface area contributed by atoms with Gasteiger partial charge in [-0.15, -0.1) is 0 Å². The molecule has 4 aliphatic rings. The highest BCUT2D eigenvalue weighted by atomic mass is 16.2. The maximum Gasteiger partial charge on any atom is 0.253 e. The lowest BCUT2D eigenvalue weighted by Crippen LogP contribution is -2.43. The molecule has 0 aromatic heterocycles. The van der Waals surface area contributed by atoms with Crippen LogP contribution in [0.1, 0.15) is 80.1 Å². The van der Waals surface area contributed by atoms with Gasteiger partial charge in [0.15, 0.2) is 0 Å². The molecule has 0 N–H and O–H groups in total. The van der Waals surface area contributed by atoms with Crippen LogP contribution in [0.5, 0.6) is 0 Å². The minimum absolute atomic E-state index is 0.239. The van der Waals surface area contributed by atoms with E-state index in [1.807, 2.05) is 0 Å². The van der Waals surface area contributed by atoms with Crippen molar-refractivity contribution in [3.63, 3.8) is 0 Å². The minimum atomic E-state index is 0.239. The molecule has 31 heavy (non-hydrogen) atoms. The zero-order valence-corrected chi connectivity index (χ0v) is 19.3. The molecule has 1 aromatic carbocycles. The van der Waals surface area contributed by atoms with Crippen LogP contribution in [0.3, 0.4) is 0 Å². The van der Waals surface area contributed by atoms with E-state index in [9.17, 15) is 4.79 Å². The largest absolute Gasteiger partial charge is 0.339 e. The van der Waals surface area contributed by atoms with Crippen LogP contribution < -0.4 is 0 Å². The van der Waals surface area contributed by atoms with Crippen LogP contribution in [0.2, 0.25) is 0 Å². The Morgan fingerprint density at radius 2 is 1.32 bits per heavy atom. The first-order chi connectivity index (χ1) is 15.3. The first kappa shape index (κ1) is 21.5. The van der Waals surface area contributed by atoms with Crippen LogP contribution >= 0.6 is 0 Å². The molecule has 3 saturated heterocycles. The van der Waals surface area contributed by atoms with Gasteiger partial charge >= 0.3 is 0 Å². The summed E-state index contributed by atoms with van der Waals surface area (Å²) >= 11 is 0. The first-order valence-corrected chi connectivity index (χ1v) is 13.1. The van der Waals surface area contributed by atoms with Gasteiger partial charge < -0.3 is 9.80 Å². The first-order valence-electron chi connectivity index (χ1n) is 13.1. The molecule has 4 heteroatoms. The average Bonchev–Trinajstić information content (AvgIpc) is 3.55. The van der Waals surface area contributed by atoms with Gasteiger partial charge in [0, 0.05) is 31.2 Å². The molecule has 1 amide bonds. The van der Waals surface area contributed by atoms with E-state index in [1.165, 1.54) is 96.0 Å². The fraction of sp³-hybridized carbons (Fsp3) is 0.741.